The Labute approximate surface area is 245 Å². The number of aryl methyl sites for hydroxylation is 1. The molecule has 4 heterocycles. The highest BCUT2D eigenvalue weighted by Gasteiger charge is 2.34. The van der Waals surface area contributed by atoms with Crippen LogP contribution < -0.4 is 5.69 Å². The van der Waals surface area contributed by atoms with Crippen LogP contribution in [-0.2, 0) is 19.3 Å². The summed E-state index contributed by atoms with van der Waals surface area (Å²) in [5.74, 6) is -0.118. The third kappa shape index (κ3) is 5.47. The fourth-order valence-corrected chi connectivity index (χ4v) is 5.55. The van der Waals surface area contributed by atoms with Crippen LogP contribution in [0.3, 0.4) is 0 Å². The summed E-state index contributed by atoms with van der Waals surface area (Å²) < 4.78 is 58.8. The lowest BCUT2D eigenvalue weighted by molar-refractivity contribution is -0.141. The highest BCUT2D eigenvalue weighted by Crippen LogP contribution is 2.31. The van der Waals surface area contributed by atoms with Crippen LogP contribution >= 0.6 is 0 Å². The lowest BCUT2D eigenvalue weighted by Crippen LogP contribution is -2.40. The minimum absolute atomic E-state index is 0.108. The molecule has 6 rings (SSSR count). The number of alkyl halides is 3. The molecule has 0 unspecified atom stereocenters. The molecular formula is C31H31F4N7O. The van der Waals surface area contributed by atoms with Gasteiger partial charge in [-0.3, -0.25) is 9.13 Å². The van der Waals surface area contributed by atoms with Crippen molar-refractivity contribution in [1.29, 1.82) is 0 Å². The molecule has 224 valence electrons. The zero-order chi connectivity index (χ0) is 30.5. The lowest BCUT2D eigenvalue weighted by Gasteiger charge is -2.30. The topological polar surface area (TPSA) is 73.8 Å². The molecule has 0 aliphatic carbocycles. The van der Waals surface area contributed by atoms with Crippen molar-refractivity contribution in [2.24, 2.45) is 0 Å². The van der Waals surface area contributed by atoms with Gasteiger partial charge in [0.15, 0.2) is 17.2 Å². The standard InChI is InChI=1S/C31H31F4N7O/c1-19(2)27-23(6-4-7-24(27)32)28-36-17-25-29(37-28)41(30(43)40(25)15-14-39-12-5-13-39)18-21-8-10-22(11-9-21)42-20(3)16-26(38-42)31(33,34)35/h4,6-11,16-17,19H,5,12-15,18H2,1-3H3. The number of fused-ring (bicyclic) bond motifs is 1. The van der Waals surface area contributed by atoms with Crippen LogP contribution in [0.1, 0.15) is 48.7 Å². The van der Waals surface area contributed by atoms with Crippen molar-refractivity contribution >= 4 is 11.2 Å². The predicted molar refractivity (Wildman–Crippen MR) is 155 cm³/mol. The summed E-state index contributed by atoms with van der Waals surface area (Å²) in [5.41, 5.74) is 2.46. The molecule has 2 aromatic carbocycles. The molecule has 8 nitrogen and oxygen atoms in total. The number of imidazole rings is 1. The first-order chi connectivity index (χ1) is 20.5. The average molecular weight is 594 g/mol. The average Bonchev–Trinajstić information content (AvgIpc) is 3.45. The number of likely N-dealkylation sites (tertiary alicyclic amines) is 1. The van der Waals surface area contributed by atoms with Crippen LogP contribution in [0.4, 0.5) is 17.6 Å². The van der Waals surface area contributed by atoms with Crippen LogP contribution in [0.25, 0.3) is 28.2 Å². The molecule has 1 aliphatic heterocycles. The third-order valence-electron chi connectivity index (χ3n) is 7.92. The maximum atomic E-state index is 14.8. The van der Waals surface area contributed by atoms with Crippen molar-refractivity contribution in [2.45, 2.75) is 52.4 Å². The molecule has 1 fully saturated rings. The Morgan fingerprint density at radius 2 is 1.74 bits per heavy atom. The predicted octanol–water partition coefficient (Wildman–Crippen LogP) is 5.79. The number of rotatable bonds is 8. The second-order valence-electron chi connectivity index (χ2n) is 11.2. The molecule has 12 heteroatoms. The fraction of sp³-hybridized carbons (Fsp3) is 0.355. The van der Waals surface area contributed by atoms with E-state index < -0.39 is 11.9 Å². The quantitative estimate of drug-likeness (QED) is 0.213. The van der Waals surface area contributed by atoms with Gasteiger partial charge < -0.3 is 4.90 Å². The number of hydrogen-bond donors (Lipinski definition) is 0. The molecule has 0 atom stereocenters. The smallest absolute Gasteiger partial charge is 0.301 e. The van der Waals surface area contributed by atoms with E-state index in [0.29, 0.717) is 46.0 Å². The molecule has 0 saturated carbocycles. The molecule has 0 amide bonds. The Morgan fingerprint density at radius 3 is 2.37 bits per heavy atom. The zero-order valence-electron chi connectivity index (χ0n) is 24.1. The molecule has 43 heavy (non-hydrogen) atoms. The number of aromatic nitrogens is 6. The van der Waals surface area contributed by atoms with Crippen LogP contribution in [0.5, 0.6) is 0 Å². The lowest BCUT2D eigenvalue weighted by atomic mass is 9.96. The van der Waals surface area contributed by atoms with Crippen LogP contribution in [0.15, 0.2) is 59.5 Å². The molecule has 0 radical (unpaired) electrons. The summed E-state index contributed by atoms with van der Waals surface area (Å²) in [6, 6.07) is 12.7. The van der Waals surface area contributed by atoms with Gasteiger partial charge in [0.05, 0.1) is 18.4 Å². The van der Waals surface area contributed by atoms with Crippen LogP contribution in [0.2, 0.25) is 0 Å². The van der Waals surface area contributed by atoms with Gasteiger partial charge in [-0.05, 0) is 62.2 Å². The maximum absolute atomic E-state index is 14.8. The minimum atomic E-state index is -4.54. The first kappa shape index (κ1) is 28.8. The molecule has 0 N–H and O–H groups in total. The second-order valence-corrected chi connectivity index (χ2v) is 11.2. The van der Waals surface area contributed by atoms with Crippen molar-refractivity contribution in [3.05, 3.63) is 93.5 Å². The summed E-state index contributed by atoms with van der Waals surface area (Å²) in [4.78, 5) is 25.4. The van der Waals surface area contributed by atoms with Crippen LogP contribution in [0, 0.1) is 12.7 Å². The van der Waals surface area contributed by atoms with Gasteiger partial charge in [0, 0.05) is 29.9 Å². The number of nitrogens with zero attached hydrogens (tertiary/aromatic N) is 7. The van der Waals surface area contributed by atoms with Crippen molar-refractivity contribution in [2.75, 3.05) is 19.6 Å². The summed E-state index contributed by atoms with van der Waals surface area (Å²) in [7, 11) is 0. The van der Waals surface area contributed by atoms with Gasteiger partial charge >= 0.3 is 11.9 Å². The monoisotopic (exact) mass is 593 g/mol. The summed E-state index contributed by atoms with van der Waals surface area (Å²) in [6.07, 6.45) is -1.77. The SMILES string of the molecule is Cc1cc(C(F)(F)F)nn1-c1ccc(Cn2c(=O)n(CCN3CCC3)c3cnc(-c4cccc(F)c4C(C)C)nc32)cc1. The van der Waals surface area contributed by atoms with E-state index in [0.717, 1.165) is 37.7 Å². The second kappa shape index (κ2) is 11.1. The van der Waals surface area contributed by atoms with Gasteiger partial charge in [0.1, 0.15) is 11.3 Å². The van der Waals surface area contributed by atoms with E-state index in [2.05, 4.69) is 15.0 Å². The van der Waals surface area contributed by atoms with E-state index in [1.165, 1.54) is 10.7 Å². The Hall–Kier alpha value is -4.32. The van der Waals surface area contributed by atoms with Gasteiger partial charge in [-0.1, -0.05) is 38.1 Å². The van der Waals surface area contributed by atoms with Crippen LogP contribution in [-0.4, -0.2) is 53.4 Å². The van der Waals surface area contributed by atoms with Gasteiger partial charge in [-0.15, -0.1) is 0 Å². The van der Waals surface area contributed by atoms with E-state index in [-0.39, 0.29) is 24.0 Å². The molecular weight excluding hydrogens is 562 g/mol. The number of hydrogen-bond acceptors (Lipinski definition) is 5. The van der Waals surface area contributed by atoms with E-state index in [1.54, 1.807) is 58.7 Å². The zero-order valence-corrected chi connectivity index (χ0v) is 24.1. The Bertz CT molecular complexity index is 1850. The Morgan fingerprint density at radius 1 is 1.00 bits per heavy atom. The van der Waals surface area contributed by atoms with Crippen molar-refractivity contribution in [3.63, 3.8) is 0 Å². The van der Waals surface area contributed by atoms with Crippen molar-refractivity contribution in [3.8, 4) is 17.1 Å². The molecule has 1 saturated heterocycles. The first-order valence-corrected chi connectivity index (χ1v) is 14.2. The largest absolute Gasteiger partial charge is 0.435 e. The number of benzene rings is 2. The molecule has 5 aromatic rings. The normalized spacial score (nSPS) is 14.1. The molecule has 3 aromatic heterocycles. The number of halogens is 4. The minimum Gasteiger partial charge on any atom is -0.301 e. The van der Waals surface area contributed by atoms with Crippen molar-refractivity contribution < 1.29 is 17.6 Å². The first-order valence-electron chi connectivity index (χ1n) is 14.2. The summed E-state index contributed by atoms with van der Waals surface area (Å²) in [6.45, 7) is 8.74. The Kier molecular flexibility index (Phi) is 7.41. The maximum Gasteiger partial charge on any atom is 0.435 e. The fourth-order valence-electron chi connectivity index (χ4n) is 5.55. The van der Waals surface area contributed by atoms with Crippen molar-refractivity contribution in [1.82, 2.24) is 33.8 Å². The van der Waals surface area contributed by atoms with Gasteiger partial charge in [0.25, 0.3) is 0 Å². The van der Waals surface area contributed by atoms with Gasteiger partial charge in [0.2, 0.25) is 0 Å². The highest BCUT2D eigenvalue weighted by atomic mass is 19.4. The highest BCUT2D eigenvalue weighted by molar-refractivity contribution is 5.74. The Balaban J connectivity index is 1.39. The third-order valence-corrected chi connectivity index (χ3v) is 7.92. The van der Waals surface area contributed by atoms with Gasteiger partial charge in [-0.25, -0.2) is 23.8 Å². The summed E-state index contributed by atoms with van der Waals surface area (Å²) >= 11 is 0. The van der Waals surface area contributed by atoms with E-state index in [4.69, 9.17) is 4.98 Å². The molecule has 0 spiro atoms. The van der Waals surface area contributed by atoms with Gasteiger partial charge in [-0.2, -0.15) is 18.3 Å². The van der Waals surface area contributed by atoms with E-state index in [1.807, 2.05) is 13.8 Å². The molecule has 1 aliphatic rings. The molecule has 0 bridgehead atoms. The summed E-state index contributed by atoms with van der Waals surface area (Å²) in [5, 5.41) is 3.72. The van der Waals surface area contributed by atoms with E-state index in [9.17, 15) is 22.4 Å². The van der Waals surface area contributed by atoms with E-state index >= 15 is 0 Å².